The van der Waals surface area contributed by atoms with Gasteiger partial charge in [-0.05, 0) is 6.42 Å². The molecule has 2 aromatic rings. The molecular formula is C16H25N5S2. The lowest BCUT2D eigenvalue weighted by molar-refractivity contribution is 0.570. The minimum absolute atomic E-state index is 0.0938. The van der Waals surface area contributed by atoms with E-state index in [4.69, 9.17) is 0 Å². The van der Waals surface area contributed by atoms with E-state index in [2.05, 4.69) is 58.7 Å². The molecule has 0 spiro atoms. The lowest BCUT2D eigenvalue weighted by Crippen LogP contribution is -2.36. The fourth-order valence-electron chi connectivity index (χ4n) is 1.87. The Morgan fingerprint density at radius 3 is 2.43 bits per heavy atom. The highest BCUT2D eigenvalue weighted by atomic mass is 32.1. The van der Waals surface area contributed by atoms with Crippen molar-refractivity contribution in [3.8, 4) is 0 Å². The number of guanidine groups is 1. The monoisotopic (exact) mass is 351 g/mol. The predicted octanol–water partition coefficient (Wildman–Crippen LogP) is 3.32. The first-order valence-corrected chi connectivity index (χ1v) is 9.45. The lowest BCUT2D eigenvalue weighted by atomic mass is 9.93. The first kappa shape index (κ1) is 17.9. The van der Waals surface area contributed by atoms with Crippen LogP contribution in [0.2, 0.25) is 0 Å². The molecular weight excluding hydrogens is 326 g/mol. The van der Waals surface area contributed by atoms with Gasteiger partial charge in [0.05, 0.1) is 18.8 Å². The van der Waals surface area contributed by atoms with Crippen molar-refractivity contribution in [1.82, 2.24) is 20.6 Å². The number of thiazole rings is 2. The van der Waals surface area contributed by atoms with Crippen LogP contribution in [-0.4, -0.2) is 23.0 Å². The summed E-state index contributed by atoms with van der Waals surface area (Å²) in [6.07, 6.45) is 2.98. The molecule has 0 aliphatic heterocycles. The Hall–Kier alpha value is -1.47. The molecule has 0 amide bonds. The van der Waals surface area contributed by atoms with Gasteiger partial charge in [0.2, 0.25) is 0 Å². The van der Waals surface area contributed by atoms with Gasteiger partial charge in [0.15, 0.2) is 5.96 Å². The third-order valence-electron chi connectivity index (χ3n) is 3.31. The molecule has 0 aliphatic carbocycles. The molecule has 0 saturated carbocycles. The Morgan fingerprint density at radius 2 is 1.91 bits per heavy atom. The molecule has 7 heteroatoms. The van der Waals surface area contributed by atoms with Crippen molar-refractivity contribution in [2.75, 3.05) is 7.05 Å². The third-order valence-corrected chi connectivity index (χ3v) is 5.30. The molecule has 0 aliphatic rings. The van der Waals surface area contributed by atoms with Gasteiger partial charge in [-0.15, -0.1) is 22.7 Å². The topological polar surface area (TPSA) is 62.2 Å². The molecule has 0 atom stereocenters. The summed E-state index contributed by atoms with van der Waals surface area (Å²) < 4.78 is 0. The van der Waals surface area contributed by atoms with E-state index < -0.39 is 0 Å². The van der Waals surface area contributed by atoms with Gasteiger partial charge in [-0.1, -0.05) is 27.7 Å². The SMILES string of the molecule is CCc1cnc(CNC(=NC)NCc2nc(C(C)(C)C)cs2)s1. The van der Waals surface area contributed by atoms with Gasteiger partial charge in [0.1, 0.15) is 10.0 Å². The molecule has 2 rings (SSSR count). The van der Waals surface area contributed by atoms with Crippen LogP contribution in [0.5, 0.6) is 0 Å². The fourth-order valence-corrected chi connectivity index (χ4v) is 3.63. The van der Waals surface area contributed by atoms with Crippen LogP contribution in [-0.2, 0) is 24.9 Å². The highest BCUT2D eigenvalue weighted by molar-refractivity contribution is 7.11. The summed E-state index contributed by atoms with van der Waals surface area (Å²) in [6.45, 7) is 10.0. The number of nitrogens with one attached hydrogen (secondary N) is 2. The van der Waals surface area contributed by atoms with Crippen LogP contribution in [0.4, 0.5) is 0 Å². The van der Waals surface area contributed by atoms with E-state index in [0.29, 0.717) is 13.1 Å². The van der Waals surface area contributed by atoms with Crippen molar-refractivity contribution < 1.29 is 0 Å². The average Bonchev–Trinajstić information content (AvgIpc) is 3.15. The van der Waals surface area contributed by atoms with Gasteiger partial charge in [-0.25, -0.2) is 9.97 Å². The van der Waals surface area contributed by atoms with Crippen LogP contribution in [0.1, 0.15) is 48.3 Å². The number of aryl methyl sites for hydroxylation is 1. The van der Waals surface area contributed by atoms with E-state index >= 15 is 0 Å². The summed E-state index contributed by atoms with van der Waals surface area (Å²) in [5.74, 6) is 0.769. The maximum atomic E-state index is 4.68. The van der Waals surface area contributed by atoms with Crippen LogP contribution in [0.25, 0.3) is 0 Å². The minimum Gasteiger partial charge on any atom is -0.350 e. The number of hydrogen-bond acceptors (Lipinski definition) is 5. The molecule has 0 fully saturated rings. The van der Waals surface area contributed by atoms with Crippen LogP contribution < -0.4 is 10.6 Å². The maximum Gasteiger partial charge on any atom is 0.191 e. The molecule has 0 unspecified atom stereocenters. The first-order valence-electron chi connectivity index (χ1n) is 7.75. The molecule has 126 valence electrons. The van der Waals surface area contributed by atoms with Gasteiger partial charge < -0.3 is 10.6 Å². The molecule has 2 N–H and O–H groups in total. The summed E-state index contributed by atoms with van der Waals surface area (Å²) in [6, 6.07) is 0. The van der Waals surface area contributed by atoms with E-state index in [9.17, 15) is 0 Å². The van der Waals surface area contributed by atoms with Crippen LogP contribution in [0.3, 0.4) is 0 Å². The minimum atomic E-state index is 0.0938. The highest BCUT2D eigenvalue weighted by Crippen LogP contribution is 2.23. The molecule has 0 saturated heterocycles. The van der Waals surface area contributed by atoms with Crippen molar-refractivity contribution in [2.45, 2.75) is 52.6 Å². The van der Waals surface area contributed by atoms with Crippen molar-refractivity contribution >= 4 is 28.6 Å². The first-order chi connectivity index (χ1) is 10.9. The second-order valence-corrected chi connectivity index (χ2v) is 8.37. The Morgan fingerprint density at radius 1 is 1.22 bits per heavy atom. The normalized spacial score (nSPS) is 12.5. The quantitative estimate of drug-likeness (QED) is 0.641. The van der Waals surface area contributed by atoms with Crippen molar-refractivity contribution in [3.63, 3.8) is 0 Å². The largest absolute Gasteiger partial charge is 0.350 e. The van der Waals surface area contributed by atoms with Crippen LogP contribution in [0.15, 0.2) is 16.6 Å². The van der Waals surface area contributed by atoms with Crippen molar-refractivity contribution in [1.29, 1.82) is 0 Å². The lowest BCUT2D eigenvalue weighted by Gasteiger charge is -2.14. The number of hydrogen-bond donors (Lipinski definition) is 2. The molecule has 0 radical (unpaired) electrons. The van der Waals surface area contributed by atoms with Gasteiger partial charge in [0, 0.05) is 28.9 Å². The summed E-state index contributed by atoms with van der Waals surface area (Å²) in [4.78, 5) is 14.6. The Kier molecular flexibility index (Phi) is 6.12. The van der Waals surface area contributed by atoms with Crippen molar-refractivity contribution in [2.24, 2.45) is 4.99 Å². The molecule has 5 nitrogen and oxygen atoms in total. The second-order valence-electron chi connectivity index (χ2n) is 6.23. The highest BCUT2D eigenvalue weighted by Gasteiger charge is 2.17. The summed E-state index contributed by atoms with van der Waals surface area (Å²) >= 11 is 3.42. The number of rotatable bonds is 5. The van der Waals surface area contributed by atoms with Gasteiger partial charge in [0.25, 0.3) is 0 Å². The second kappa shape index (κ2) is 7.88. The van der Waals surface area contributed by atoms with E-state index in [-0.39, 0.29) is 5.41 Å². The summed E-state index contributed by atoms with van der Waals surface area (Å²) in [7, 11) is 1.77. The number of nitrogens with zero attached hydrogens (tertiary/aromatic N) is 3. The standard InChI is InChI=1S/C16H25N5S2/c1-6-11-7-18-13(23-11)8-19-15(17-5)20-9-14-21-12(10-22-14)16(2,3)4/h7,10H,6,8-9H2,1-5H3,(H2,17,19,20). The molecule has 2 heterocycles. The van der Waals surface area contributed by atoms with E-state index in [0.717, 1.165) is 28.1 Å². The zero-order valence-electron chi connectivity index (χ0n) is 14.4. The number of aromatic nitrogens is 2. The molecule has 0 bridgehead atoms. The van der Waals surface area contributed by atoms with Gasteiger partial charge >= 0.3 is 0 Å². The van der Waals surface area contributed by atoms with Crippen molar-refractivity contribution in [3.05, 3.63) is 32.2 Å². The average molecular weight is 352 g/mol. The zero-order chi connectivity index (χ0) is 16.9. The summed E-state index contributed by atoms with van der Waals surface area (Å²) in [5, 5.41) is 10.9. The molecule has 2 aromatic heterocycles. The zero-order valence-corrected chi connectivity index (χ0v) is 16.1. The van der Waals surface area contributed by atoms with E-state index in [1.165, 1.54) is 4.88 Å². The third kappa shape index (κ3) is 5.28. The van der Waals surface area contributed by atoms with E-state index in [1.807, 2.05) is 6.20 Å². The van der Waals surface area contributed by atoms with Crippen LogP contribution in [0, 0.1) is 0 Å². The van der Waals surface area contributed by atoms with Crippen LogP contribution >= 0.6 is 22.7 Å². The van der Waals surface area contributed by atoms with Gasteiger partial charge in [-0.2, -0.15) is 0 Å². The maximum absolute atomic E-state index is 4.68. The smallest absolute Gasteiger partial charge is 0.191 e. The van der Waals surface area contributed by atoms with Gasteiger partial charge in [-0.3, -0.25) is 4.99 Å². The predicted molar refractivity (Wildman–Crippen MR) is 99.3 cm³/mol. The Bertz CT molecular complexity index is 651. The summed E-state index contributed by atoms with van der Waals surface area (Å²) in [5.41, 5.74) is 1.23. The van der Waals surface area contributed by atoms with E-state index in [1.54, 1.807) is 29.7 Å². The Balaban J connectivity index is 1.84. The molecule has 0 aromatic carbocycles. The Labute approximate surface area is 146 Å². The fraction of sp³-hybridized carbons (Fsp3) is 0.562. The number of aliphatic imine (C=N–C) groups is 1. The molecule has 23 heavy (non-hydrogen) atoms.